The molecule has 3 nitrogen and oxygen atoms in total. The highest BCUT2D eigenvalue weighted by atomic mass is 28.4. The molecule has 0 unspecified atom stereocenters. The Morgan fingerprint density at radius 1 is 1.38 bits per heavy atom. The van der Waals surface area contributed by atoms with Crippen molar-refractivity contribution in [3.8, 4) is 0 Å². The van der Waals surface area contributed by atoms with E-state index in [9.17, 15) is 4.79 Å². The number of carbonyl (C=O) groups is 1. The van der Waals surface area contributed by atoms with Crippen LogP contribution < -0.4 is 0 Å². The minimum absolute atomic E-state index is 0.197. The smallest absolute Gasteiger partial charge is 0.303 e. The number of carboxylic acid groups (broad SMARTS) is 1. The van der Waals surface area contributed by atoms with E-state index in [-0.39, 0.29) is 17.4 Å². The third-order valence-electron chi connectivity index (χ3n) is 3.40. The fourth-order valence-electron chi connectivity index (χ4n) is 1.13. The van der Waals surface area contributed by atoms with Gasteiger partial charge in [0, 0.05) is 13.0 Å². The topological polar surface area (TPSA) is 46.5 Å². The molecule has 16 heavy (non-hydrogen) atoms. The van der Waals surface area contributed by atoms with Crippen LogP contribution in [-0.4, -0.2) is 26.0 Å². The van der Waals surface area contributed by atoms with Gasteiger partial charge in [0.25, 0.3) is 0 Å². The van der Waals surface area contributed by atoms with Crippen LogP contribution in [0.5, 0.6) is 0 Å². The van der Waals surface area contributed by atoms with Gasteiger partial charge in [-0.05, 0) is 30.5 Å². The quantitative estimate of drug-likeness (QED) is 0.730. The van der Waals surface area contributed by atoms with Crippen molar-refractivity contribution in [3.05, 3.63) is 0 Å². The Labute approximate surface area is 100 Å². The maximum atomic E-state index is 10.5. The lowest BCUT2D eigenvalue weighted by atomic mass is 10.1. The van der Waals surface area contributed by atoms with Gasteiger partial charge in [0.05, 0.1) is 0 Å². The van der Waals surface area contributed by atoms with Crippen molar-refractivity contribution >= 4 is 14.3 Å². The van der Waals surface area contributed by atoms with Crippen LogP contribution >= 0.6 is 0 Å². The molecule has 0 spiro atoms. The lowest BCUT2D eigenvalue weighted by Gasteiger charge is -2.36. The molecule has 96 valence electrons. The van der Waals surface area contributed by atoms with Gasteiger partial charge in [0.2, 0.25) is 0 Å². The SMILES string of the molecule is C[C@@H](CCO[Si](C)(C)C(C)(C)C)CC(=O)O. The van der Waals surface area contributed by atoms with Crippen molar-refractivity contribution < 1.29 is 14.3 Å². The largest absolute Gasteiger partial charge is 0.481 e. The summed E-state index contributed by atoms with van der Waals surface area (Å²) in [7, 11) is -1.66. The van der Waals surface area contributed by atoms with Crippen molar-refractivity contribution in [3.63, 3.8) is 0 Å². The van der Waals surface area contributed by atoms with Crippen molar-refractivity contribution in [1.29, 1.82) is 0 Å². The fraction of sp³-hybridized carbons (Fsp3) is 0.917. The molecule has 0 aromatic carbocycles. The minimum atomic E-state index is -1.66. The second-order valence-corrected chi connectivity index (χ2v) is 10.9. The highest BCUT2D eigenvalue weighted by molar-refractivity contribution is 6.74. The minimum Gasteiger partial charge on any atom is -0.481 e. The molecule has 0 aliphatic rings. The van der Waals surface area contributed by atoms with E-state index in [0.29, 0.717) is 6.61 Å². The molecule has 1 N–H and O–H groups in total. The summed E-state index contributed by atoms with van der Waals surface area (Å²) in [5.74, 6) is -0.526. The summed E-state index contributed by atoms with van der Waals surface area (Å²) in [6.45, 7) is 13.7. The van der Waals surface area contributed by atoms with E-state index < -0.39 is 14.3 Å². The van der Waals surface area contributed by atoms with E-state index in [1.165, 1.54) is 0 Å². The van der Waals surface area contributed by atoms with Crippen LogP contribution in [0, 0.1) is 5.92 Å². The van der Waals surface area contributed by atoms with Gasteiger partial charge in [-0.2, -0.15) is 0 Å². The van der Waals surface area contributed by atoms with Crippen LogP contribution in [0.25, 0.3) is 0 Å². The number of hydrogen-bond acceptors (Lipinski definition) is 2. The summed E-state index contributed by atoms with van der Waals surface area (Å²) in [5, 5.41) is 8.87. The maximum absolute atomic E-state index is 10.5. The third kappa shape index (κ3) is 5.65. The molecule has 0 radical (unpaired) electrons. The molecule has 1 atom stereocenters. The molecule has 0 bridgehead atoms. The summed E-state index contributed by atoms with van der Waals surface area (Å²) in [4.78, 5) is 10.5. The standard InChI is InChI=1S/C12H26O3Si/c1-10(9-11(13)14)7-8-15-16(5,6)12(2,3)4/h10H,7-9H2,1-6H3,(H,13,14)/t10-/m0/s1. The molecule has 0 amide bonds. The van der Waals surface area contributed by atoms with Gasteiger partial charge >= 0.3 is 5.97 Å². The lowest BCUT2D eigenvalue weighted by molar-refractivity contribution is -0.138. The van der Waals surface area contributed by atoms with Crippen LogP contribution in [0.2, 0.25) is 18.1 Å². The Balaban J connectivity index is 3.94. The van der Waals surface area contributed by atoms with E-state index >= 15 is 0 Å². The zero-order chi connectivity index (χ0) is 13.0. The van der Waals surface area contributed by atoms with Gasteiger partial charge in [0.15, 0.2) is 8.32 Å². The van der Waals surface area contributed by atoms with E-state index in [1.807, 2.05) is 6.92 Å². The van der Waals surface area contributed by atoms with Gasteiger partial charge in [-0.1, -0.05) is 27.7 Å². The van der Waals surface area contributed by atoms with Crippen LogP contribution in [0.3, 0.4) is 0 Å². The van der Waals surface area contributed by atoms with Gasteiger partial charge in [-0.25, -0.2) is 0 Å². The molecule has 0 aliphatic carbocycles. The van der Waals surface area contributed by atoms with E-state index in [0.717, 1.165) is 6.42 Å². The van der Waals surface area contributed by atoms with Crippen molar-refractivity contribution in [1.82, 2.24) is 0 Å². The number of carboxylic acids is 1. The van der Waals surface area contributed by atoms with Crippen molar-refractivity contribution in [2.24, 2.45) is 5.92 Å². The summed E-state index contributed by atoms with van der Waals surface area (Å²) in [6.07, 6.45) is 1.07. The average molecular weight is 246 g/mol. The Morgan fingerprint density at radius 3 is 2.25 bits per heavy atom. The van der Waals surface area contributed by atoms with Crippen LogP contribution in [0.15, 0.2) is 0 Å². The van der Waals surface area contributed by atoms with Gasteiger partial charge in [-0.15, -0.1) is 0 Å². The number of rotatable bonds is 6. The zero-order valence-corrected chi connectivity index (χ0v) is 12.5. The third-order valence-corrected chi connectivity index (χ3v) is 7.94. The molecule has 0 heterocycles. The van der Waals surface area contributed by atoms with E-state index in [1.54, 1.807) is 0 Å². The Morgan fingerprint density at radius 2 is 1.88 bits per heavy atom. The molecule has 0 aromatic rings. The van der Waals surface area contributed by atoms with Crippen LogP contribution in [0.4, 0.5) is 0 Å². The van der Waals surface area contributed by atoms with Crippen LogP contribution in [0.1, 0.15) is 40.5 Å². The monoisotopic (exact) mass is 246 g/mol. The average Bonchev–Trinajstić information content (AvgIpc) is 1.99. The molecule has 0 fully saturated rings. The van der Waals surface area contributed by atoms with E-state index in [2.05, 4.69) is 33.9 Å². The normalized spacial score (nSPS) is 14.9. The fourth-order valence-corrected chi connectivity index (χ4v) is 2.19. The van der Waals surface area contributed by atoms with Crippen molar-refractivity contribution in [2.75, 3.05) is 6.61 Å². The van der Waals surface area contributed by atoms with Gasteiger partial charge < -0.3 is 9.53 Å². The highest BCUT2D eigenvalue weighted by Gasteiger charge is 2.36. The molecule has 0 saturated carbocycles. The molecular formula is C12H26O3Si. The lowest BCUT2D eigenvalue weighted by Crippen LogP contribution is -2.41. The van der Waals surface area contributed by atoms with Crippen molar-refractivity contribution in [2.45, 2.75) is 58.7 Å². The van der Waals surface area contributed by atoms with Crippen LogP contribution in [-0.2, 0) is 9.22 Å². The summed E-state index contributed by atoms with van der Waals surface area (Å²) in [5.41, 5.74) is 0. The molecular weight excluding hydrogens is 220 g/mol. The number of hydrogen-bond donors (Lipinski definition) is 1. The van der Waals surface area contributed by atoms with Gasteiger partial charge in [0.1, 0.15) is 0 Å². The first kappa shape index (κ1) is 15.6. The Bertz CT molecular complexity index is 231. The number of aliphatic carboxylic acids is 1. The predicted molar refractivity (Wildman–Crippen MR) is 69.2 cm³/mol. The first-order chi connectivity index (χ1) is 7.06. The highest BCUT2D eigenvalue weighted by Crippen LogP contribution is 2.36. The second-order valence-electron chi connectivity index (χ2n) is 6.10. The summed E-state index contributed by atoms with van der Waals surface area (Å²) >= 11 is 0. The molecule has 0 aliphatic heterocycles. The maximum Gasteiger partial charge on any atom is 0.303 e. The molecule has 4 heteroatoms. The Hall–Kier alpha value is -0.353. The summed E-state index contributed by atoms with van der Waals surface area (Å²) in [6, 6.07) is 0. The second kappa shape index (κ2) is 5.82. The van der Waals surface area contributed by atoms with Gasteiger partial charge in [-0.3, -0.25) is 4.79 Å². The predicted octanol–water partition coefficient (Wildman–Crippen LogP) is 3.51. The Kier molecular flexibility index (Phi) is 5.69. The molecule has 0 aromatic heterocycles. The zero-order valence-electron chi connectivity index (χ0n) is 11.5. The first-order valence-electron chi connectivity index (χ1n) is 5.92. The van der Waals surface area contributed by atoms with E-state index in [4.69, 9.17) is 9.53 Å². The molecule has 0 saturated heterocycles. The molecule has 0 rings (SSSR count). The first-order valence-corrected chi connectivity index (χ1v) is 8.83. The summed E-state index contributed by atoms with van der Waals surface area (Å²) < 4.78 is 5.99.